The Kier molecular flexibility index (Phi) is 3.20. The fraction of sp³-hybridized carbons (Fsp3) is 0.0588. The van der Waals surface area contributed by atoms with Crippen molar-refractivity contribution >= 4 is 11.4 Å². The summed E-state index contributed by atoms with van der Waals surface area (Å²) < 4.78 is 8.83. The number of carbonyl (C=O) groups is 1. The van der Waals surface area contributed by atoms with Crippen LogP contribution in [0.2, 0.25) is 0 Å². The number of nitrogens with one attached hydrogen (secondary N) is 1. The Bertz CT molecular complexity index is 950. The van der Waals surface area contributed by atoms with Gasteiger partial charge in [-0.1, -0.05) is 6.07 Å². The van der Waals surface area contributed by atoms with Crippen LogP contribution in [-0.2, 0) is 6.54 Å². The van der Waals surface area contributed by atoms with Crippen LogP contribution in [0.5, 0.6) is 0 Å². The van der Waals surface area contributed by atoms with E-state index in [0.717, 1.165) is 11.3 Å². The fourth-order valence-corrected chi connectivity index (χ4v) is 2.54. The van der Waals surface area contributed by atoms with Crippen molar-refractivity contribution < 1.29 is 9.21 Å². The molecule has 0 saturated carbocycles. The number of nitrogens with zero attached hydrogens (tertiary/aromatic N) is 3. The van der Waals surface area contributed by atoms with Crippen molar-refractivity contribution in [3.63, 3.8) is 0 Å². The van der Waals surface area contributed by atoms with Crippen LogP contribution in [0.15, 0.2) is 71.6 Å². The molecule has 0 saturated heterocycles. The van der Waals surface area contributed by atoms with Gasteiger partial charge in [0.25, 0.3) is 5.91 Å². The molecule has 0 fully saturated rings. The third-order valence-electron chi connectivity index (χ3n) is 3.64. The molecule has 1 amide bonds. The summed E-state index contributed by atoms with van der Waals surface area (Å²) in [6.45, 7) is 0.339. The summed E-state index contributed by atoms with van der Waals surface area (Å²) >= 11 is 0. The lowest BCUT2D eigenvalue weighted by Crippen LogP contribution is -2.25. The molecule has 6 heteroatoms. The van der Waals surface area contributed by atoms with E-state index in [2.05, 4.69) is 10.4 Å². The Hall–Kier alpha value is -3.28. The first-order valence-corrected chi connectivity index (χ1v) is 7.24. The highest BCUT2D eigenvalue weighted by Gasteiger charge is 2.15. The molecule has 4 aromatic heterocycles. The van der Waals surface area contributed by atoms with Crippen LogP contribution < -0.4 is 5.32 Å². The molecule has 6 nitrogen and oxygen atoms in total. The van der Waals surface area contributed by atoms with Gasteiger partial charge in [-0.2, -0.15) is 5.10 Å². The standard InChI is InChI=1S/C17H14N4O2/c22-17(18-12-14-5-3-11-23-14)15-8-9-19-21(15)16-7-6-13-4-1-2-10-20(13)16/h1-11H,12H2,(H,18,22). The van der Waals surface area contributed by atoms with Crippen LogP contribution in [-0.4, -0.2) is 20.1 Å². The quantitative estimate of drug-likeness (QED) is 0.630. The van der Waals surface area contributed by atoms with Gasteiger partial charge in [0.15, 0.2) is 0 Å². The molecule has 0 radical (unpaired) electrons. The highest BCUT2D eigenvalue weighted by atomic mass is 16.3. The van der Waals surface area contributed by atoms with Gasteiger partial charge in [0.05, 0.1) is 19.0 Å². The van der Waals surface area contributed by atoms with Gasteiger partial charge in [-0.15, -0.1) is 0 Å². The number of amides is 1. The Morgan fingerprint density at radius 3 is 2.96 bits per heavy atom. The van der Waals surface area contributed by atoms with Crippen molar-refractivity contribution in [2.75, 3.05) is 0 Å². The molecular formula is C17H14N4O2. The summed E-state index contributed by atoms with van der Waals surface area (Å²) in [7, 11) is 0. The van der Waals surface area contributed by atoms with E-state index in [4.69, 9.17) is 4.42 Å². The molecule has 4 aromatic rings. The number of carbonyl (C=O) groups excluding carboxylic acids is 1. The molecule has 0 unspecified atom stereocenters. The second-order valence-electron chi connectivity index (χ2n) is 5.08. The summed E-state index contributed by atoms with van der Waals surface area (Å²) in [5, 5.41) is 7.12. The summed E-state index contributed by atoms with van der Waals surface area (Å²) in [5.41, 5.74) is 1.51. The lowest BCUT2D eigenvalue weighted by atomic mass is 10.3. The SMILES string of the molecule is O=C(NCc1ccco1)c1ccnn1-c1ccc2ccccn12. The van der Waals surface area contributed by atoms with Crippen LogP contribution in [0.25, 0.3) is 11.3 Å². The Labute approximate surface area is 132 Å². The molecule has 114 valence electrons. The predicted octanol–water partition coefficient (Wildman–Crippen LogP) is 2.65. The van der Waals surface area contributed by atoms with E-state index in [0.29, 0.717) is 18.0 Å². The Morgan fingerprint density at radius 2 is 2.09 bits per heavy atom. The molecule has 0 spiro atoms. The van der Waals surface area contributed by atoms with Crippen LogP contribution >= 0.6 is 0 Å². The first kappa shape index (κ1) is 13.4. The van der Waals surface area contributed by atoms with Gasteiger partial charge in [-0.05, 0) is 42.5 Å². The lowest BCUT2D eigenvalue weighted by Gasteiger charge is -2.08. The summed E-state index contributed by atoms with van der Waals surface area (Å²) in [6, 6.07) is 15.1. The van der Waals surface area contributed by atoms with Gasteiger partial charge < -0.3 is 14.1 Å². The van der Waals surface area contributed by atoms with E-state index in [1.807, 2.05) is 47.0 Å². The van der Waals surface area contributed by atoms with E-state index in [1.165, 1.54) is 0 Å². The predicted molar refractivity (Wildman–Crippen MR) is 84.4 cm³/mol. The summed E-state index contributed by atoms with van der Waals surface area (Å²) in [6.07, 6.45) is 5.14. The van der Waals surface area contributed by atoms with Crippen LogP contribution in [0.1, 0.15) is 16.2 Å². The normalized spacial score (nSPS) is 11.0. The molecule has 23 heavy (non-hydrogen) atoms. The summed E-state index contributed by atoms with van der Waals surface area (Å²) in [5.74, 6) is 1.32. The molecule has 0 bridgehead atoms. The first-order chi connectivity index (χ1) is 11.3. The second-order valence-corrected chi connectivity index (χ2v) is 5.08. The zero-order valence-corrected chi connectivity index (χ0v) is 12.2. The largest absolute Gasteiger partial charge is 0.467 e. The number of rotatable bonds is 4. The van der Waals surface area contributed by atoms with Crippen LogP contribution in [0.3, 0.4) is 0 Å². The average molecular weight is 306 g/mol. The average Bonchev–Trinajstić information content (AvgIpc) is 3.31. The third kappa shape index (κ3) is 2.40. The van der Waals surface area contributed by atoms with Crippen molar-refractivity contribution in [2.45, 2.75) is 6.54 Å². The summed E-state index contributed by atoms with van der Waals surface area (Å²) in [4.78, 5) is 12.4. The highest BCUT2D eigenvalue weighted by Crippen LogP contribution is 2.15. The molecule has 0 aliphatic heterocycles. The highest BCUT2D eigenvalue weighted by molar-refractivity contribution is 5.93. The van der Waals surface area contributed by atoms with E-state index < -0.39 is 0 Å². The minimum Gasteiger partial charge on any atom is -0.467 e. The van der Waals surface area contributed by atoms with Gasteiger partial charge in [-0.3, -0.25) is 4.79 Å². The molecule has 4 rings (SSSR count). The fourth-order valence-electron chi connectivity index (χ4n) is 2.54. The minimum atomic E-state index is -0.204. The number of pyridine rings is 1. The molecular weight excluding hydrogens is 292 g/mol. The number of furan rings is 1. The molecule has 1 N–H and O–H groups in total. The van der Waals surface area contributed by atoms with Crippen molar-refractivity contribution in [2.24, 2.45) is 0 Å². The zero-order valence-electron chi connectivity index (χ0n) is 12.2. The van der Waals surface area contributed by atoms with Crippen LogP contribution in [0, 0.1) is 0 Å². The number of fused-ring (bicyclic) bond motifs is 1. The van der Waals surface area contributed by atoms with Crippen molar-refractivity contribution in [3.05, 3.63) is 78.6 Å². The van der Waals surface area contributed by atoms with Crippen LogP contribution in [0.4, 0.5) is 0 Å². The third-order valence-corrected chi connectivity index (χ3v) is 3.64. The molecule has 0 aromatic carbocycles. The Morgan fingerprint density at radius 1 is 1.13 bits per heavy atom. The monoisotopic (exact) mass is 306 g/mol. The van der Waals surface area contributed by atoms with Gasteiger partial charge in [0.1, 0.15) is 17.3 Å². The van der Waals surface area contributed by atoms with E-state index in [9.17, 15) is 4.79 Å². The number of hydrogen-bond donors (Lipinski definition) is 1. The van der Waals surface area contributed by atoms with Gasteiger partial charge in [-0.25, -0.2) is 4.68 Å². The van der Waals surface area contributed by atoms with E-state index in [-0.39, 0.29) is 5.91 Å². The Balaban J connectivity index is 1.64. The van der Waals surface area contributed by atoms with Crippen molar-refractivity contribution in [3.8, 4) is 5.82 Å². The molecule has 0 aliphatic carbocycles. The smallest absolute Gasteiger partial charge is 0.270 e. The van der Waals surface area contributed by atoms with Gasteiger partial charge >= 0.3 is 0 Å². The topological polar surface area (TPSA) is 64.5 Å². The number of hydrogen-bond acceptors (Lipinski definition) is 3. The van der Waals surface area contributed by atoms with Gasteiger partial charge in [0, 0.05) is 11.7 Å². The second kappa shape index (κ2) is 5.49. The van der Waals surface area contributed by atoms with Gasteiger partial charge in [0.2, 0.25) is 0 Å². The minimum absolute atomic E-state index is 0.204. The van der Waals surface area contributed by atoms with Crippen molar-refractivity contribution in [1.29, 1.82) is 0 Å². The maximum absolute atomic E-state index is 12.4. The molecule has 0 atom stereocenters. The van der Waals surface area contributed by atoms with E-state index >= 15 is 0 Å². The maximum Gasteiger partial charge on any atom is 0.270 e. The van der Waals surface area contributed by atoms with Crippen molar-refractivity contribution in [1.82, 2.24) is 19.5 Å². The lowest BCUT2D eigenvalue weighted by molar-refractivity contribution is 0.0940. The molecule has 4 heterocycles. The number of aromatic nitrogens is 3. The maximum atomic E-state index is 12.4. The first-order valence-electron chi connectivity index (χ1n) is 7.24. The zero-order chi connectivity index (χ0) is 15.6. The van der Waals surface area contributed by atoms with E-state index in [1.54, 1.807) is 29.3 Å². The molecule has 0 aliphatic rings.